The smallest absolute Gasteiger partial charge is 0.367 e. The van der Waals surface area contributed by atoms with Crippen LogP contribution in [-0.2, 0) is 22.6 Å². The van der Waals surface area contributed by atoms with Crippen LogP contribution in [0.3, 0.4) is 0 Å². The van der Waals surface area contributed by atoms with Gasteiger partial charge in [0, 0.05) is 37.8 Å². The van der Waals surface area contributed by atoms with Crippen molar-refractivity contribution in [3.8, 4) is 0 Å². The lowest BCUT2D eigenvalue weighted by molar-refractivity contribution is -0.137. The summed E-state index contributed by atoms with van der Waals surface area (Å²) in [5, 5.41) is 4.50. The van der Waals surface area contributed by atoms with Crippen molar-refractivity contribution in [1.82, 2.24) is 28.8 Å². The number of fused-ring (bicyclic) bond motifs is 2. The molecule has 0 aliphatic heterocycles. The highest BCUT2D eigenvalue weighted by molar-refractivity contribution is 7.88. The van der Waals surface area contributed by atoms with Crippen molar-refractivity contribution in [3.05, 3.63) is 48.2 Å². The van der Waals surface area contributed by atoms with Crippen LogP contribution in [0.1, 0.15) is 62.4 Å². The van der Waals surface area contributed by atoms with E-state index < -0.39 is 21.8 Å². The van der Waals surface area contributed by atoms with Crippen molar-refractivity contribution in [3.63, 3.8) is 0 Å². The van der Waals surface area contributed by atoms with Crippen LogP contribution in [-0.4, -0.2) is 62.6 Å². The van der Waals surface area contributed by atoms with Crippen molar-refractivity contribution in [2.24, 2.45) is 5.92 Å². The maximum atomic E-state index is 13.0. The van der Waals surface area contributed by atoms with E-state index in [4.69, 9.17) is 0 Å². The molecule has 6 rings (SSSR count). The second-order valence-electron chi connectivity index (χ2n) is 11.4. The molecule has 2 N–H and O–H groups in total. The molecule has 2 fully saturated rings. The number of aromatic amines is 1. The number of alkyl halides is 3. The Bertz CT molecular complexity index is 1650. The average molecular weight is 590 g/mol. The van der Waals surface area contributed by atoms with Gasteiger partial charge in [0.05, 0.1) is 28.2 Å². The predicted molar refractivity (Wildman–Crippen MR) is 151 cm³/mol. The van der Waals surface area contributed by atoms with Crippen LogP contribution in [0.25, 0.3) is 22.1 Å². The molecule has 41 heavy (non-hydrogen) atoms. The van der Waals surface area contributed by atoms with Crippen LogP contribution in [0.15, 0.2) is 36.8 Å². The van der Waals surface area contributed by atoms with Gasteiger partial charge < -0.3 is 14.9 Å². The first-order valence-electron chi connectivity index (χ1n) is 14.1. The molecule has 4 aromatic rings. The Hall–Kier alpha value is -3.19. The van der Waals surface area contributed by atoms with E-state index in [1.54, 1.807) is 10.6 Å². The SMILES string of the molecule is CS(=O)(=O)N(CCCCc1nc2ccc(C(F)(F)F)cc2[nH]1)CC1CCC(n2ccc3c(NC4CC4)ncnc32)C1. The molecule has 2 aliphatic rings. The molecule has 2 aliphatic carbocycles. The summed E-state index contributed by atoms with van der Waals surface area (Å²) in [6.07, 6.45) is 7.45. The second kappa shape index (κ2) is 10.9. The van der Waals surface area contributed by atoms with E-state index in [0.29, 0.717) is 55.3 Å². The molecule has 0 saturated heterocycles. The van der Waals surface area contributed by atoms with Gasteiger partial charge >= 0.3 is 6.18 Å². The molecule has 13 heteroatoms. The number of aromatic nitrogens is 5. The quantitative estimate of drug-likeness (QED) is 0.223. The summed E-state index contributed by atoms with van der Waals surface area (Å²) in [6.45, 7) is 0.872. The maximum absolute atomic E-state index is 13.0. The Kier molecular flexibility index (Phi) is 7.43. The number of H-pyrrole nitrogens is 1. The topological polar surface area (TPSA) is 109 Å². The molecule has 0 radical (unpaired) electrons. The number of nitrogens with zero attached hydrogens (tertiary/aromatic N) is 5. The monoisotopic (exact) mass is 589 g/mol. The standard InChI is InChI=1S/C28H34F3N7O2S/c1-41(39,40)37(12-3-2-4-25-35-23-10-6-19(28(29,30)31)15-24(23)36-25)16-18-5-9-21(14-18)38-13-11-22-26(34-20-7-8-20)32-17-33-27(22)38/h6,10-11,13,15,17-18,20-21H,2-5,7-9,12,14,16H2,1H3,(H,35,36)(H,32,33,34). The first-order chi connectivity index (χ1) is 19.5. The maximum Gasteiger partial charge on any atom is 0.416 e. The van der Waals surface area contributed by atoms with Gasteiger partial charge in [-0.2, -0.15) is 13.2 Å². The fourth-order valence-electron chi connectivity index (χ4n) is 5.89. The van der Waals surface area contributed by atoms with E-state index in [9.17, 15) is 21.6 Å². The van der Waals surface area contributed by atoms with E-state index in [1.807, 2.05) is 0 Å². The molecule has 3 aromatic heterocycles. The van der Waals surface area contributed by atoms with Gasteiger partial charge in [-0.05, 0) is 75.1 Å². The number of halogens is 3. The van der Waals surface area contributed by atoms with Crippen LogP contribution < -0.4 is 5.32 Å². The van der Waals surface area contributed by atoms with Crippen molar-refractivity contribution in [1.29, 1.82) is 0 Å². The third-order valence-electron chi connectivity index (χ3n) is 8.19. The number of unbranched alkanes of at least 4 members (excludes halogenated alkanes) is 1. The van der Waals surface area contributed by atoms with Crippen LogP contribution in [0.2, 0.25) is 0 Å². The highest BCUT2D eigenvalue weighted by Crippen LogP contribution is 2.38. The Morgan fingerprint density at radius 2 is 1.95 bits per heavy atom. The molecule has 0 bridgehead atoms. The number of hydrogen-bond acceptors (Lipinski definition) is 6. The lowest BCUT2D eigenvalue weighted by Crippen LogP contribution is -2.35. The van der Waals surface area contributed by atoms with Gasteiger partial charge in [-0.15, -0.1) is 0 Å². The van der Waals surface area contributed by atoms with E-state index in [2.05, 4.69) is 42.1 Å². The number of imidazole rings is 1. The highest BCUT2D eigenvalue weighted by atomic mass is 32.2. The van der Waals surface area contributed by atoms with Crippen LogP contribution in [0.4, 0.5) is 19.0 Å². The lowest BCUT2D eigenvalue weighted by atomic mass is 10.1. The van der Waals surface area contributed by atoms with Gasteiger partial charge in [-0.3, -0.25) is 0 Å². The molecular weight excluding hydrogens is 555 g/mol. The summed E-state index contributed by atoms with van der Waals surface area (Å²) in [7, 11) is -3.39. The molecule has 2 atom stereocenters. The normalized spacial score (nSPS) is 20.0. The Morgan fingerprint density at radius 1 is 1.12 bits per heavy atom. The van der Waals surface area contributed by atoms with Gasteiger partial charge in [-0.1, -0.05) is 0 Å². The summed E-state index contributed by atoms with van der Waals surface area (Å²) in [4.78, 5) is 16.3. The summed E-state index contributed by atoms with van der Waals surface area (Å²) >= 11 is 0. The number of aryl methyl sites for hydroxylation is 1. The minimum atomic E-state index is -4.41. The van der Waals surface area contributed by atoms with Gasteiger partial charge in [0.25, 0.3) is 0 Å². The number of sulfonamides is 1. The number of rotatable bonds is 11. The molecule has 3 heterocycles. The predicted octanol–water partition coefficient (Wildman–Crippen LogP) is 5.53. The number of benzene rings is 1. The van der Waals surface area contributed by atoms with Crippen LogP contribution >= 0.6 is 0 Å². The molecule has 2 unspecified atom stereocenters. The first kappa shape index (κ1) is 28.0. The van der Waals surface area contributed by atoms with Gasteiger partial charge in [0.15, 0.2) is 0 Å². The largest absolute Gasteiger partial charge is 0.416 e. The molecular formula is C28H34F3N7O2S. The van der Waals surface area contributed by atoms with E-state index in [-0.39, 0.29) is 12.0 Å². The van der Waals surface area contributed by atoms with Crippen LogP contribution in [0, 0.1) is 5.92 Å². The third-order valence-corrected chi connectivity index (χ3v) is 9.46. The number of nitrogens with one attached hydrogen (secondary N) is 2. The molecule has 2 saturated carbocycles. The average Bonchev–Trinajstić information content (AvgIpc) is 3.27. The lowest BCUT2D eigenvalue weighted by Gasteiger charge is -2.23. The summed E-state index contributed by atoms with van der Waals surface area (Å²) in [5.74, 6) is 1.72. The zero-order valence-electron chi connectivity index (χ0n) is 22.9. The third kappa shape index (κ3) is 6.35. The fraction of sp³-hybridized carbons (Fsp3) is 0.536. The van der Waals surface area contributed by atoms with E-state index in [0.717, 1.165) is 48.2 Å². The van der Waals surface area contributed by atoms with E-state index in [1.165, 1.54) is 25.2 Å². The molecule has 0 spiro atoms. The van der Waals surface area contributed by atoms with Crippen molar-refractivity contribution in [2.45, 2.75) is 69.6 Å². The Labute approximate surface area is 236 Å². The van der Waals surface area contributed by atoms with Crippen molar-refractivity contribution < 1.29 is 21.6 Å². The minimum absolute atomic E-state index is 0.247. The zero-order chi connectivity index (χ0) is 28.8. The Balaban J connectivity index is 1.04. The van der Waals surface area contributed by atoms with Crippen molar-refractivity contribution in [2.75, 3.05) is 24.7 Å². The highest BCUT2D eigenvalue weighted by Gasteiger charge is 2.32. The minimum Gasteiger partial charge on any atom is -0.367 e. The fourth-order valence-corrected chi connectivity index (χ4v) is 6.83. The number of anilines is 1. The van der Waals surface area contributed by atoms with Gasteiger partial charge in [0.1, 0.15) is 23.6 Å². The first-order valence-corrected chi connectivity index (χ1v) is 16.0. The van der Waals surface area contributed by atoms with Crippen LogP contribution in [0.5, 0.6) is 0 Å². The summed E-state index contributed by atoms with van der Waals surface area (Å²) < 4.78 is 68.0. The van der Waals surface area contributed by atoms with Gasteiger partial charge in [-0.25, -0.2) is 27.7 Å². The number of hydrogen-bond donors (Lipinski definition) is 2. The van der Waals surface area contributed by atoms with Crippen molar-refractivity contribution >= 4 is 37.9 Å². The molecule has 9 nitrogen and oxygen atoms in total. The zero-order valence-corrected chi connectivity index (χ0v) is 23.7. The summed E-state index contributed by atoms with van der Waals surface area (Å²) in [5.41, 5.74) is 1.03. The van der Waals surface area contributed by atoms with E-state index >= 15 is 0 Å². The second-order valence-corrected chi connectivity index (χ2v) is 13.4. The molecule has 1 aromatic carbocycles. The van der Waals surface area contributed by atoms with Gasteiger partial charge in [0.2, 0.25) is 10.0 Å². The Morgan fingerprint density at radius 3 is 2.71 bits per heavy atom. The summed E-state index contributed by atoms with van der Waals surface area (Å²) in [6, 6.07) is 6.28. The molecule has 220 valence electrons. The molecule has 0 amide bonds.